The highest BCUT2D eigenvalue weighted by Crippen LogP contribution is 2.62. The Morgan fingerprint density at radius 1 is 0.714 bits per heavy atom. The summed E-state index contributed by atoms with van der Waals surface area (Å²) < 4.78 is 35.1. The molecule has 0 bridgehead atoms. The molecule has 2 fully saturated rings. The third-order valence-corrected chi connectivity index (χ3v) is 11.9. The Morgan fingerprint density at radius 3 is 1.70 bits per heavy atom. The summed E-state index contributed by atoms with van der Waals surface area (Å²) in [7, 11) is 4.41. The lowest BCUT2D eigenvalue weighted by Crippen LogP contribution is -2.53. The molecule has 56 heavy (non-hydrogen) atoms. The second-order valence-corrected chi connectivity index (χ2v) is 15.9. The fraction of sp³-hybridized carbons (Fsp3) is 0.468. The van der Waals surface area contributed by atoms with E-state index in [2.05, 4.69) is 27.4 Å². The summed E-state index contributed by atoms with van der Waals surface area (Å²) in [6.45, 7) is 11.4. The van der Waals surface area contributed by atoms with Crippen molar-refractivity contribution in [3.05, 3.63) is 131 Å². The Kier molecular flexibility index (Phi) is 14.8. The van der Waals surface area contributed by atoms with Crippen molar-refractivity contribution < 1.29 is 42.8 Å². The summed E-state index contributed by atoms with van der Waals surface area (Å²) in [5.74, 6) is -1.54. The molecule has 0 radical (unpaired) electrons. The van der Waals surface area contributed by atoms with Gasteiger partial charge in [-0.05, 0) is 70.8 Å². The maximum atomic E-state index is 14.2. The highest BCUT2D eigenvalue weighted by Gasteiger charge is 2.55. The SMILES string of the molecule is C=C1CC[C@H]2C(C)(C)CCC[C@]2(C)[C@H]1[C@H](/C=C(\CCOC(=O)[C@H](OC)c1ccccc1)COC(=O)[C@H](OC)c1ccccc1)OC(=O)[C@H](OC)c1ccccc1. The molecule has 5 rings (SSSR count). The van der Waals surface area contributed by atoms with Gasteiger partial charge in [0.2, 0.25) is 0 Å². The van der Waals surface area contributed by atoms with E-state index in [1.807, 2.05) is 72.8 Å². The average Bonchev–Trinajstić information content (AvgIpc) is 3.18. The number of carbonyl (C=O) groups excluding carboxylic acids is 3. The predicted molar refractivity (Wildman–Crippen MR) is 214 cm³/mol. The molecule has 300 valence electrons. The third-order valence-electron chi connectivity index (χ3n) is 11.9. The molecule has 0 aliphatic heterocycles. The van der Waals surface area contributed by atoms with Crippen LogP contribution in [0.1, 0.15) is 94.3 Å². The lowest BCUT2D eigenvalue weighted by Gasteiger charge is -2.58. The molecule has 0 amide bonds. The lowest BCUT2D eigenvalue weighted by atomic mass is 9.47. The molecule has 0 saturated heterocycles. The van der Waals surface area contributed by atoms with Gasteiger partial charge in [-0.25, -0.2) is 14.4 Å². The van der Waals surface area contributed by atoms with Crippen LogP contribution < -0.4 is 0 Å². The van der Waals surface area contributed by atoms with Crippen LogP contribution in [-0.4, -0.2) is 58.6 Å². The number of rotatable bonds is 17. The van der Waals surface area contributed by atoms with Crippen molar-refractivity contribution in [2.24, 2.45) is 22.7 Å². The molecule has 9 nitrogen and oxygen atoms in total. The van der Waals surface area contributed by atoms with E-state index in [1.54, 1.807) is 24.3 Å². The predicted octanol–water partition coefficient (Wildman–Crippen LogP) is 9.26. The Balaban J connectivity index is 1.51. The first kappa shape index (κ1) is 42.6. The first-order valence-electron chi connectivity index (χ1n) is 19.6. The fourth-order valence-electron chi connectivity index (χ4n) is 9.23. The number of hydrogen-bond donors (Lipinski definition) is 0. The minimum absolute atomic E-state index is 0.0365. The van der Waals surface area contributed by atoms with Crippen LogP contribution in [0.3, 0.4) is 0 Å². The van der Waals surface area contributed by atoms with Crippen LogP contribution in [0.15, 0.2) is 115 Å². The highest BCUT2D eigenvalue weighted by atomic mass is 16.6. The first-order valence-corrected chi connectivity index (χ1v) is 19.6. The topological polar surface area (TPSA) is 107 Å². The monoisotopic (exact) mass is 766 g/mol. The van der Waals surface area contributed by atoms with E-state index >= 15 is 0 Å². The van der Waals surface area contributed by atoms with Crippen LogP contribution in [0.2, 0.25) is 0 Å². The van der Waals surface area contributed by atoms with Gasteiger partial charge in [-0.2, -0.15) is 0 Å². The van der Waals surface area contributed by atoms with Crippen molar-refractivity contribution >= 4 is 17.9 Å². The maximum absolute atomic E-state index is 14.2. The summed E-state index contributed by atoms with van der Waals surface area (Å²) in [4.78, 5) is 41.1. The molecule has 0 heterocycles. The van der Waals surface area contributed by atoms with Gasteiger partial charge in [0, 0.05) is 33.7 Å². The Bertz CT molecular complexity index is 1790. The number of hydrogen-bond acceptors (Lipinski definition) is 9. The quantitative estimate of drug-likeness (QED) is 0.0755. The molecule has 2 saturated carbocycles. The second kappa shape index (κ2) is 19.5. The molecule has 3 aromatic carbocycles. The van der Waals surface area contributed by atoms with Crippen LogP contribution in [0, 0.1) is 22.7 Å². The molecular formula is C47H58O9. The van der Waals surface area contributed by atoms with Crippen LogP contribution in [-0.2, 0) is 42.8 Å². The zero-order chi connectivity index (χ0) is 40.3. The minimum Gasteiger partial charge on any atom is -0.463 e. The smallest absolute Gasteiger partial charge is 0.340 e. The van der Waals surface area contributed by atoms with Crippen LogP contribution in [0.4, 0.5) is 0 Å². The van der Waals surface area contributed by atoms with Gasteiger partial charge in [-0.1, -0.05) is 130 Å². The minimum atomic E-state index is -0.963. The van der Waals surface area contributed by atoms with Crippen LogP contribution >= 0.6 is 0 Å². The molecule has 0 N–H and O–H groups in total. The second-order valence-electron chi connectivity index (χ2n) is 15.9. The molecule has 2 aliphatic carbocycles. The number of carbonyl (C=O) groups is 3. The van der Waals surface area contributed by atoms with Crippen molar-refractivity contribution in [2.45, 2.75) is 83.7 Å². The van der Waals surface area contributed by atoms with Crippen molar-refractivity contribution in [2.75, 3.05) is 34.5 Å². The summed E-state index contributed by atoms with van der Waals surface area (Å²) >= 11 is 0. The summed E-state index contributed by atoms with van der Waals surface area (Å²) in [5.41, 5.74) is 3.47. The summed E-state index contributed by atoms with van der Waals surface area (Å²) in [6.07, 6.45) is 3.38. The number of esters is 3. The number of benzene rings is 3. The van der Waals surface area contributed by atoms with Gasteiger partial charge in [0.1, 0.15) is 12.7 Å². The molecule has 3 aromatic rings. The Hall–Kier alpha value is -4.57. The normalized spacial score (nSPS) is 22.8. The zero-order valence-electron chi connectivity index (χ0n) is 33.7. The Labute approximate surface area is 332 Å². The largest absolute Gasteiger partial charge is 0.463 e. The highest BCUT2D eigenvalue weighted by molar-refractivity contribution is 5.78. The van der Waals surface area contributed by atoms with Crippen molar-refractivity contribution in [3.63, 3.8) is 0 Å². The molecule has 0 aromatic heterocycles. The number of ether oxygens (including phenoxy) is 6. The van der Waals surface area contributed by atoms with E-state index in [9.17, 15) is 14.4 Å². The van der Waals surface area contributed by atoms with Gasteiger partial charge in [0.05, 0.1) is 6.61 Å². The summed E-state index contributed by atoms with van der Waals surface area (Å²) in [5, 5.41) is 0. The van der Waals surface area contributed by atoms with E-state index < -0.39 is 42.3 Å². The van der Waals surface area contributed by atoms with Crippen molar-refractivity contribution in [1.82, 2.24) is 0 Å². The van der Waals surface area contributed by atoms with Crippen molar-refractivity contribution in [3.8, 4) is 0 Å². The van der Waals surface area contributed by atoms with Crippen LogP contribution in [0.5, 0.6) is 0 Å². The van der Waals surface area contributed by atoms with E-state index in [-0.39, 0.29) is 36.4 Å². The molecule has 0 spiro atoms. The average molecular weight is 767 g/mol. The lowest BCUT2D eigenvalue weighted by molar-refractivity contribution is -0.167. The van der Waals surface area contributed by atoms with Crippen LogP contribution in [0.25, 0.3) is 0 Å². The zero-order valence-corrected chi connectivity index (χ0v) is 33.7. The van der Waals surface area contributed by atoms with Gasteiger partial charge < -0.3 is 28.4 Å². The van der Waals surface area contributed by atoms with E-state index in [1.165, 1.54) is 21.3 Å². The molecular weight excluding hydrogens is 709 g/mol. The van der Waals surface area contributed by atoms with Gasteiger partial charge in [0.25, 0.3) is 0 Å². The standard InChI is InChI=1S/C47H58O9/c1-32-24-25-38-46(2,3)27-17-28-47(38,4)39(32)37(56-45(50)42(53-7)36-22-15-10-16-23-36)30-33(31-55-44(49)41(52-6)35-20-13-9-14-21-35)26-29-54-43(48)40(51-5)34-18-11-8-12-19-34/h8-16,18-23,30,37-42H,1,17,24-29,31H2,2-7H3/b33-30+/t37-,38-,39+,40+,41+,42+,47-/m0/s1. The van der Waals surface area contributed by atoms with E-state index in [4.69, 9.17) is 28.4 Å². The van der Waals surface area contributed by atoms with Gasteiger partial charge in [-0.15, -0.1) is 0 Å². The first-order chi connectivity index (χ1) is 26.9. The molecule has 7 atom stereocenters. The third kappa shape index (κ3) is 10.0. The van der Waals surface area contributed by atoms with E-state index in [0.717, 1.165) is 37.7 Å². The van der Waals surface area contributed by atoms with Gasteiger partial charge in [-0.3, -0.25) is 0 Å². The fourth-order valence-corrected chi connectivity index (χ4v) is 9.23. The summed E-state index contributed by atoms with van der Waals surface area (Å²) in [6, 6.07) is 27.5. The molecule has 0 unspecified atom stereocenters. The van der Waals surface area contributed by atoms with E-state index in [0.29, 0.717) is 28.2 Å². The number of fused-ring (bicyclic) bond motifs is 1. The van der Waals surface area contributed by atoms with Crippen molar-refractivity contribution in [1.29, 1.82) is 0 Å². The maximum Gasteiger partial charge on any atom is 0.340 e. The molecule has 9 heteroatoms. The number of methoxy groups -OCH3 is 3. The van der Waals surface area contributed by atoms with Gasteiger partial charge >= 0.3 is 17.9 Å². The van der Waals surface area contributed by atoms with Gasteiger partial charge in [0.15, 0.2) is 18.3 Å². The Morgan fingerprint density at radius 2 is 1.20 bits per heavy atom. The molecule has 2 aliphatic rings.